The maximum absolute atomic E-state index is 11.3. The number of rotatable bonds is 5. The molecule has 0 amide bonds. The summed E-state index contributed by atoms with van der Waals surface area (Å²) in [5.74, 6) is 0.527. The summed E-state index contributed by atoms with van der Waals surface area (Å²) in [6.45, 7) is 4.14. The van der Waals surface area contributed by atoms with Crippen molar-refractivity contribution in [2.24, 2.45) is 0 Å². The lowest BCUT2D eigenvalue weighted by Gasteiger charge is -2.09. The Labute approximate surface area is 97.5 Å². The van der Waals surface area contributed by atoms with Gasteiger partial charge in [0.05, 0.1) is 5.56 Å². The molecule has 0 fully saturated rings. The first-order chi connectivity index (χ1) is 7.15. The van der Waals surface area contributed by atoms with Gasteiger partial charge in [-0.05, 0) is 32.0 Å². The van der Waals surface area contributed by atoms with Crippen LogP contribution in [-0.2, 0) is 4.74 Å². The molecule has 0 N–H and O–H groups in total. The van der Waals surface area contributed by atoms with Crippen LogP contribution >= 0.6 is 15.9 Å². The first-order valence-corrected chi connectivity index (χ1v) is 5.45. The third-order valence-corrected chi connectivity index (χ3v) is 2.32. The van der Waals surface area contributed by atoms with Gasteiger partial charge < -0.3 is 9.47 Å². The molecule has 0 aliphatic rings. The fourth-order valence-electron chi connectivity index (χ4n) is 1.09. The molecule has 4 heteroatoms. The van der Waals surface area contributed by atoms with Crippen LogP contribution in [0.2, 0.25) is 0 Å². The van der Waals surface area contributed by atoms with Crippen LogP contribution in [0.5, 0.6) is 5.75 Å². The Balaban J connectivity index is 2.82. The fraction of sp³-hybridized carbons (Fsp3) is 0.364. The Hall–Kier alpha value is -0.870. The van der Waals surface area contributed by atoms with Crippen molar-refractivity contribution in [2.45, 2.75) is 13.8 Å². The van der Waals surface area contributed by atoms with Gasteiger partial charge in [-0.25, -0.2) is 0 Å². The molecule has 1 aromatic rings. The minimum Gasteiger partial charge on any atom is -0.467 e. The lowest BCUT2D eigenvalue weighted by molar-refractivity contribution is 0.0219. The molecule has 0 bridgehead atoms. The van der Waals surface area contributed by atoms with E-state index >= 15 is 0 Å². The molecular weight excluding hydrogens is 260 g/mol. The first kappa shape index (κ1) is 12.2. The van der Waals surface area contributed by atoms with E-state index in [9.17, 15) is 4.79 Å². The summed E-state index contributed by atoms with van der Waals surface area (Å²) < 4.78 is 11.3. The molecule has 1 rings (SSSR count). The number of carbonyl (C=O) groups excluding carboxylic acids is 1. The first-order valence-electron chi connectivity index (χ1n) is 4.66. The van der Waals surface area contributed by atoms with Gasteiger partial charge in [-0.3, -0.25) is 4.79 Å². The van der Waals surface area contributed by atoms with Crippen LogP contribution < -0.4 is 4.74 Å². The van der Waals surface area contributed by atoms with Crippen LogP contribution in [0.3, 0.4) is 0 Å². The Morgan fingerprint density at radius 1 is 1.47 bits per heavy atom. The number of hydrogen-bond donors (Lipinski definition) is 0. The van der Waals surface area contributed by atoms with Crippen LogP contribution in [0.4, 0.5) is 0 Å². The Morgan fingerprint density at radius 3 is 2.80 bits per heavy atom. The van der Waals surface area contributed by atoms with Gasteiger partial charge in [0.1, 0.15) is 5.75 Å². The minimum atomic E-state index is -0.0194. The summed E-state index contributed by atoms with van der Waals surface area (Å²) in [6.07, 6.45) is 0. The molecule has 0 atom stereocenters. The molecule has 0 spiro atoms. The number of hydrogen-bond acceptors (Lipinski definition) is 3. The second-order valence-corrected chi connectivity index (χ2v) is 3.87. The molecule has 0 saturated carbocycles. The van der Waals surface area contributed by atoms with Gasteiger partial charge in [-0.15, -0.1) is 0 Å². The van der Waals surface area contributed by atoms with E-state index in [1.54, 1.807) is 12.1 Å². The molecular formula is C11H13BrO3. The zero-order chi connectivity index (χ0) is 11.3. The van der Waals surface area contributed by atoms with Gasteiger partial charge in [-0.1, -0.05) is 15.9 Å². The summed E-state index contributed by atoms with van der Waals surface area (Å²) in [6, 6.07) is 5.30. The quantitative estimate of drug-likeness (QED) is 0.470. The highest BCUT2D eigenvalue weighted by Gasteiger charge is 2.08. The van der Waals surface area contributed by atoms with Crippen molar-refractivity contribution in [3.05, 3.63) is 28.2 Å². The van der Waals surface area contributed by atoms with Crippen molar-refractivity contribution in [3.63, 3.8) is 0 Å². The zero-order valence-corrected chi connectivity index (χ0v) is 10.3. The van der Waals surface area contributed by atoms with Crippen molar-refractivity contribution in [1.82, 2.24) is 0 Å². The van der Waals surface area contributed by atoms with E-state index in [2.05, 4.69) is 15.9 Å². The molecule has 0 aromatic heterocycles. The molecule has 0 aliphatic carbocycles. The molecule has 15 heavy (non-hydrogen) atoms. The highest BCUT2D eigenvalue weighted by Crippen LogP contribution is 2.24. The summed E-state index contributed by atoms with van der Waals surface area (Å²) >= 11 is 3.32. The molecule has 0 radical (unpaired) electrons. The van der Waals surface area contributed by atoms with Crippen LogP contribution in [0.15, 0.2) is 22.7 Å². The average Bonchev–Trinajstić information content (AvgIpc) is 2.18. The van der Waals surface area contributed by atoms with E-state index in [1.165, 1.54) is 6.92 Å². The smallest absolute Gasteiger partial charge is 0.189 e. The van der Waals surface area contributed by atoms with Gasteiger partial charge in [0.2, 0.25) is 0 Å². The predicted octanol–water partition coefficient (Wildman–Crippen LogP) is 3.02. The van der Waals surface area contributed by atoms with Crippen LogP contribution in [0, 0.1) is 0 Å². The summed E-state index contributed by atoms with van der Waals surface area (Å²) in [7, 11) is 0. The number of Topliss-reactive ketones (excluding diaryl/α,β-unsaturated/α-hetero) is 1. The van der Waals surface area contributed by atoms with Gasteiger partial charge in [-0.2, -0.15) is 0 Å². The Morgan fingerprint density at radius 2 is 2.20 bits per heavy atom. The van der Waals surface area contributed by atoms with Crippen LogP contribution in [0.1, 0.15) is 24.2 Å². The third-order valence-electron chi connectivity index (χ3n) is 1.82. The second-order valence-electron chi connectivity index (χ2n) is 2.95. The highest BCUT2D eigenvalue weighted by molar-refractivity contribution is 9.10. The summed E-state index contributed by atoms with van der Waals surface area (Å²) in [5.41, 5.74) is 0.568. The van der Waals surface area contributed by atoms with Gasteiger partial charge in [0.25, 0.3) is 0 Å². The number of carbonyl (C=O) groups is 1. The highest BCUT2D eigenvalue weighted by atomic mass is 79.9. The molecule has 0 heterocycles. The topological polar surface area (TPSA) is 35.5 Å². The largest absolute Gasteiger partial charge is 0.467 e. The number of benzene rings is 1. The van der Waals surface area contributed by atoms with E-state index in [-0.39, 0.29) is 12.6 Å². The van der Waals surface area contributed by atoms with Crippen molar-refractivity contribution in [1.29, 1.82) is 0 Å². The summed E-state index contributed by atoms with van der Waals surface area (Å²) in [5, 5.41) is 0. The number of halogens is 1. The molecule has 1 aromatic carbocycles. The predicted molar refractivity (Wildman–Crippen MR) is 61.3 cm³/mol. The molecule has 0 saturated heterocycles. The van der Waals surface area contributed by atoms with Crippen molar-refractivity contribution < 1.29 is 14.3 Å². The van der Waals surface area contributed by atoms with Crippen molar-refractivity contribution in [3.8, 4) is 5.75 Å². The molecule has 0 aliphatic heterocycles. The second kappa shape index (κ2) is 5.88. The average molecular weight is 273 g/mol. The fourth-order valence-corrected chi connectivity index (χ4v) is 1.44. The Kier molecular flexibility index (Phi) is 4.78. The third kappa shape index (κ3) is 3.64. The zero-order valence-electron chi connectivity index (χ0n) is 8.75. The minimum absolute atomic E-state index is 0.0194. The maximum Gasteiger partial charge on any atom is 0.189 e. The van der Waals surface area contributed by atoms with Crippen LogP contribution in [0.25, 0.3) is 0 Å². The molecule has 82 valence electrons. The monoisotopic (exact) mass is 272 g/mol. The van der Waals surface area contributed by atoms with E-state index < -0.39 is 0 Å². The maximum atomic E-state index is 11.3. The molecule has 0 unspecified atom stereocenters. The standard InChI is InChI=1S/C11H13BrO3/c1-3-14-7-15-11-6-9(12)4-5-10(11)8(2)13/h4-6H,3,7H2,1-2H3. The lowest BCUT2D eigenvalue weighted by Crippen LogP contribution is -2.05. The summed E-state index contributed by atoms with van der Waals surface area (Å²) in [4.78, 5) is 11.3. The van der Waals surface area contributed by atoms with Gasteiger partial charge >= 0.3 is 0 Å². The van der Waals surface area contributed by atoms with Crippen molar-refractivity contribution >= 4 is 21.7 Å². The van der Waals surface area contributed by atoms with E-state index in [4.69, 9.17) is 9.47 Å². The Bertz CT molecular complexity index is 350. The van der Waals surface area contributed by atoms with Gasteiger partial charge in [0, 0.05) is 11.1 Å². The van der Waals surface area contributed by atoms with E-state index in [1.807, 2.05) is 13.0 Å². The lowest BCUT2D eigenvalue weighted by atomic mass is 10.1. The van der Waals surface area contributed by atoms with Crippen molar-refractivity contribution in [2.75, 3.05) is 13.4 Å². The normalized spacial score (nSPS) is 10.1. The van der Waals surface area contributed by atoms with E-state index in [0.717, 1.165) is 4.47 Å². The SMILES string of the molecule is CCOCOc1cc(Br)ccc1C(C)=O. The van der Waals surface area contributed by atoms with Gasteiger partial charge in [0.15, 0.2) is 12.6 Å². The van der Waals surface area contributed by atoms with Crippen LogP contribution in [-0.4, -0.2) is 19.2 Å². The van der Waals surface area contributed by atoms with E-state index in [0.29, 0.717) is 17.9 Å². The number of ketones is 1. The number of ether oxygens (including phenoxy) is 2. The molecule has 3 nitrogen and oxygen atoms in total.